The second kappa shape index (κ2) is 5.15. The fourth-order valence-electron chi connectivity index (χ4n) is 2.57. The molecule has 1 aliphatic carbocycles. The number of fused-ring (bicyclic) bond motifs is 1. The van der Waals surface area contributed by atoms with Gasteiger partial charge in [0.1, 0.15) is 0 Å². The van der Waals surface area contributed by atoms with Crippen LogP contribution >= 0.6 is 0 Å². The molecule has 0 aromatic heterocycles. The number of rotatable bonds is 5. The maximum Gasteiger partial charge on any atom is 0.375 e. The molecule has 3 rings (SSSR count). The van der Waals surface area contributed by atoms with Gasteiger partial charge < -0.3 is 14.2 Å². The van der Waals surface area contributed by atoms with E-state index in [1.807, 2.05) is 12.1 Å². The molecule has 1 unspecified atom stereocenters. The van der Waals surface area contributed by atoms with Gasteiger partial charge in [-0.3, -0.25) is 4.79 Å². The Morgan fingerprint density at radius 2 is 2.15 bits per heavy atom. The van der Waals surface area contributed by atoms with Crippen molar-refractivity contribution in [3.05, 3.63) is 23.8 Å². The van der Waals surface area contributed by atoms with E-state index in [-0.39, 0.29) is 19.3 Å². The molecule has 0 spiro atoms. The van der Waals surface area contributed by atoms with Crippen LogP contribution in [0.15, 0.2) is 18.2 Å². The molecule has 20 heavy (non-hydrogen) atoms. The summed E-state index contributed by atoms with van der Waals surface area (Å²) in [5.74, 6) is -0.320. The Morgan fingerprint density at radius 3 is 2.85 bits per heavy atom. The van der Waals surface area contributed by atoms with Crippen molar-refractivity contribution in [2.45, 2.75) is 25.7 Å². The summed E-state index contributed by atoms with van der Waals surface area (Å²) in [6.45, 7) is 2.04. The van der Waals surface area contributed by atoms with Gasteiger partial charge in [0.15, 0.2) is 11.5 Å². The highest BCUT2D eigenvalue weighted by Gasteiger charge is 2.43. The predicted octanol–water partition coefficient (Wildman–Crippen LogP) is 2.04. The summed E-state index contributed by atoms with van der Waals surface area (Å²) in [6, 6.07) is 5.44. The molecule has 5 heteroatoms. The second-order valence-corrected chi connectivity index (χ2v) is 4.98. The van der Waals surface area contributed by atoms with E-state index >= 15 is 0 Å². The van der Waals surface area contributed by atoms with Crippen LogP contribution in [0.5, 0.6) is 11.5 Å². The van der Waals surface area contributed by atoms with Gasteiger partial charge in [-0.2, -0.15) is 0 Å². The van der Waals surface area contributed by atoms with Crippen LogP contribution in [-0.2, 0) is 14.3 Å². The topological polar surface area (TPSA) is 61.8 Å². The first-order chi connectivity index (χ1) is 9.72. The van der Waals surface area contributed by atoms with Crippen LogP contribution in [0, 0.1) is 5.92 Å². The molecular weight excluding hydrogens is 260 g/mol. The Kier molecular flexibility index (Phi) is 3.34. The van der Waals surface area contributed by atoms with Gasteiger partial charge in [-0.15, -0.1) is 0 Å². The minimum atomic E-state index is -0.763. The van der Waals surface area contributed by atoms with E-state index in [0.717, 1.165) is 18.4 Å². The van der Waals surface area contributed by atoms with Crippen LogP contribution < -0.4 is 9.47 Å². The zero-order valence-corrected chi connectivity index (χ0v) is 11.3. The predicted molar refractivity (Wildman–Crippen MR) is 69.7 cm³/mol. The molecule has 1 aromatic carbocycles. The summed E-state index contributed by atoms with van der Waals surface area (Å²) in [7, 11) is 0. The van der Waals surface area contributed by atoms with Gasteiger partial charge in [0.25, 0.3) is 0 Å². The van der Waals surface area contributed by atoms with Crippen LogP contribution in [0.25, 0.3) is 0 Å². The van der Waals surface area contributed by atoms with Crippen LogP contribution in [0.1, 0.15) is 31.2 Å². The van der Waals surface area contributed by atoms with Crippen molar-refractivity contribution in [1.82, 2.24) is 0 Å². The molecule has 1 aromatic rings. The Bertz CT molecular complexity index is 547. The summed E-state index contributed by atoms with van der Waals surface area (Å²) in [6.07, 6.45) is 1.89. The van der Waals surface area contributed by atoms with Gasteiger partial charge in [0, 0.05) is 5.56 Å². The summed E-state index contributed by atoms with van der Waals surface area (Å²) in [5.41, 5.74) is 0.737. The maximum absolute atomic E-state index is 12.3. The summed E-state index contributed by atoms with van der Waals surface area (Å²) < 4.78 is 15.6. The molecule has 106 valence electrons. The van der Waals surface area contributed by atoms with Gasteiger partial charge >= 0.3 is 5.97 Å². The Morgan fingerprint density at radius 1 is 1.35 bits per heavy atom. The van der Waals surface area contributed by atoms with Gasteiger partial charge in [-0.05, 0) is 31.7 Å². The number of carbonyl (C=O) groups is 2. The number of ketones is 1. The lowest BCUT2D eigenvalue weighted by Gasteiger charge is -2.16. The SMILES string of the molecule is CCOC(=O)C(=O)C(c1cccc2c1OCO2)C1CC1. The van der Waals surface area contributed by atoms with Crippen molar-refractivity contribution in [2.24, 2.45) is 5.92 Å². The zero-order valence-electron chi connectivity index (χ0n) is 11.3. The highest BCUT2D eigenvalue weighted by molar-refractivity contribution is 6.36. The minimum absolute atomic E-state index is 0.150. The Labute approximate surface area is 116 Å². The molecule has 1 fully saturated rings. The lowest BCUT2D eigenvalue weighted by Crippen LogP contribution is -2.26. The third-order valence-corrected chi connectivity index (χ3v) is 3.61. The average Bonchev–Trinajstić information content (AvgIpc) is 3.15. The Hall–Kier alpha value is -2.04. The molecule has 1 aliphatic heterocycles. The standard InChI is InChI=1S/C15H16O5/c1-2-18-15(17)13(16)12(9-6-7-9)10-4-3-5-11-14(10)20-8-19-11/h3-5,9,12H,2,6-8H2,1H3. The van der Waals surface area contributed by atoms with Gasteiger partial charge in [-0.1, -0.05) is 12.1 Å². The highest BCUT2D eigenvalue weighted by atomic mass is 16.7. The zero-order chi connectivity index (χ0) is 14.1. The van der Waals surface area contributed by atoms with E-state index in [0.29, 0.717) is 11.5 Å². The van der Waals surface area contributed by atoms with E-state index in [1.165, 1.54) is 0 Å². The summed E-state index contributed by atoms with van der Waals surface area (Å²) in [5, 5.41) is 0. The molecule has 2 aliphatic rings. The number of ether oxygens (including phenoxy) is 3. The average molecular weight is 276 g/mol. The first-order valence-corrected chi connectivity index (χ1v) is 6.81. The van der Waals surface area contributed by atoms with Crippen molar-refractivity contribution in [1.29, 1.82) is 0 Å². The highest BCUT2D eigenvalue weighted by Crippen LogP contribution is 2.48. The van der Waals surface area contributed by atoms with Crippen molar-refractivity contribution in [2.75, 3.05) is 13.4 Å². The first-order valence-electron chi connectivity index (χ1n) is 6.81. The first kappa shape index (κ1) is 13.0. The number of hydrogen-bond acceptors (Lipinski definition) is 5. The van der Waals surface area contributed by atoms with E-state index < -0.39 is 17.7 Å². The molecule has 1 heterocycles. The quantitative estimate of drug-likeness (QED) is 0.608. The fraction of sp³-hybridized carbons (Fsp3) is 0.467. The minimum Gasteiger partial charge on any atom is -0.460 e. The molecule has 0 amide bonds. The number of Topliss-reactive ketones (excluding diaryl/α,β-unsaturated/α-hetero) is 1. The smallest absolute Gasteiger partial charge is 0.375 e. The van der Waals surface area contributed by atoms with E-state index in [2.05, 4.69) is 0 Å². The second-order valence-electron chi connectivity index (χ2n) is 4.98. The maximum atomic E-state index is 12.3. The largest absolute Gasteiger partial charge is 0.460 e. The molecule has 0 radical (unpaired) electrons. The van der Waals surface area contributed by atoms with E-state index in [9.17, 15) is 9.59 Å². The summed E-state index contributed by atoms with van der Waals surface area (Å²) in [4.78, 5) is 24.1. The number of para-hydroxylation sites is 1. The van der Waals surface area contributed by atoms with Gasteiger partial charge in [0.05, 0.1) is 12.5 Å². The molecule has 0 bridgehead atoms. The van der Waals surface area contributed by atoms with Crippen LogP contribution in [0.3, 0.4) is 0 Å². The molecular formula is C15H16O5. The number of esters is 1. The summed E-state index contributed by atoms with van der Waals surface area (Å²) >= 11 is 0. The molecule has 0 saturated heterocycles. The van der Waals surface area contributed by atoms with Gasteiger partial charge in [0.2, 0.25) is 12.6 Å². The van der Waals surface area contributed by atoms with Crippen LogP contribution in [0.4, 0.5) is 0 Å². The molecule has 5 nitrogen and oxygen atoms in total. The monoisotopic (exact) mass is 276 g/mol. The lowest BCUT2D eigenvalue weighted by atomic mass is 9.89. The van der Waals surface area contributed by atoms with E-state index in [4.69, 9.17) is 14.2 Å². The van der Waals surface area contributed by atoms with Gasteiger partial charge in [-0.25, -0.2) is 4.79 Å². The van der Waals surface area contributed by atoms with Crippen molar-refractivity contribution < 1.29 is 23.8 Å². The normalized spacial score (nSPS) is 17.6. The van der Waals surface area contributed by atoms with Crippen molar-refractivity contribution in [3.8, 4) is 11.5 Å². The number of carbonyl (C=O) groups excluding carboxylic acids is 2. The third-order valence-electron chi connectivity index (χ3n) is 3.61. The third kappa shape index (κ3) is 2.24. The fourth-order valence-corrected chi connectivity index (χ4v) is 2.57. The Balaban J connectivity index is 1.94. The van der Waals surface area contributed by atoms with Crippen molar-refractivity contribution >= 4 is 11.8 Å². The molecule has 1 saturated carbocycles. The van der Waals surface area contributed by atoms with Crippen molar-refractivity contribution in [3.63, 3.8) is 0 Å². The molecule has 0 N–H and O–H groups in total. The van der Waals surface area contributed by atoms with E-state index in [1.54, 1.807) is 13.0 Å². The molecule has 1 atom stereocenters. The number of benzene rings is 1. The number of hydrogen-bond donors (Lipinski definition) is 0. The van der Waals surface area contributed by atoms with Crippen LogP contribution in [-0.4, -0.2) is 25.2 Å². The lowest BCUT2D eigenvalue weighted by molar-refractivity contribution is -0.154. The van der Waals surface area contributed by atoms with Crippen LogP contribution in [0.2, 0.25) is 0 Å².